The largest absolute Gasteiger partial charge is 0.335 e. The number of hydrogen-bond donors (Lipinski definition) is 0. The molecule has 0 spiro atoms. The molecular weight excluding hydrogens is 349 g/mol. The van der Waals surface area contributed by atoms with Crippen molar-refractivity contribution in [1.82, 2.24) is 4.90 Å². The summed E-state index contributed by atoms with van der Waals surface area (Å²) in [4.78, 5) is 14.3. The highest BCUT2D eigenvalue weighted by molar-refractivity contribution is 14.1. The van der Waals surface area contributed by atoms with Crippen molar-refractivity contribution in [2.24, 2.45) is 5.41 Å². The summed E-state index contributed by atoms with van der Waals surface area (Å²) in [5, 5.41) is 0. The SMILES string of the molecule is CC(C)(C)C1=CCN(C(=O)c2cccc(I)c2)CC1. The summed E-state index contributed by atoms with van der Waals surface area (Å²) in [5.41, 5.74) is 2.47. The third kappa shape index (κ3) is 3.59. The van der Waals surface area contributed by atoms with Gasteiger partial charge in [0.15, 0.2) is 0 Å². The van der Waals surface area contributed by atoms with Crippen LogP contribution in [0.25, 0.3) is 0 Å². The van der Waals surface area contributed by atoms with Crippen molar-refractivity contribution in [3.63, 3.8) is 0 Å². The highest BCUT2D eigenvalue weighted by Crippen LogP contribution is 2.30. The first-order chi connectivity index (χ1) is 8.88. The van der Waals surface area contributed by atoms with Gasteiger partial charge >= 0.3 is 0 Å². The van der Waals surface area contributed by atoms with Crippen LogP contribution in [0.3, 0.4) is 0 Å². The van der Waals surface area contributed by atoms with Gasteiger partial charge in [0.05, 0.1) is 0 Å². The number of carbonyl (C=O) groups is 1. The molecule has 2 nitrogen and oxygen atoms in total. The van der Waals surface area contributed by atoms with E-state index in [1.54, 1.807) is 0 Å². The minimum Gasteiger partial charge on any atom is -0.335 e. The Kier molecular flexibility index (Phi) is 4.33. The fourth-order valence-corrected chi connectivity index (χ4v) is 2.88. The molecule has 1 amide bonds. The maximum atomic E-state index is 12.4. The number of amides is 1. The van der Waals surface area contributed by atoms with Gasteiger partial charge in [-0.1, -0.05) is 38.5 Å². The second kappa shape index (κ2) is 5.65. The van der Waals surface area contributed by atoms with Crippen LogP contribution < -0.4 is 0 Å². The van der Waals surface area contributed by atoms with Crippen molar-refractivity contribution in [3.05, 3.63) is 45.0 Å². The lowest BCUT2D eigenvalue weighted by Gasteiger charge is -2.32. The van der Waals surface area contributed by atoms with Crippen molar-refractivity contribution in [1.29, 1.82) is 0 Å². The van der Waals surface area contributed by atoms with Crippen LogP contribution in [-0.4, -0.2) is 23.9 Å². The van der Waals surface area contributed by atoms with Gasteiger partial charge in [-0.15, -0.1) is 0 Å². The minimum absolute atomic E-state index is 0.141. The number of carbonyl (C=O) groups excluding carboxylic acids is 1. The van der Waals surface area contributed by atoms with Gasteiger partial charge in [-0.25, -0.2) is 0 Å². The molecule has 1 aromatic rings. The standard InChI is InChI=1S/C16H20INO/c1-16(2,3)13-7-9-18(10-8-13)15(19)12-5-4-6-14(17)11-12/h4-7,11H,8-10H2,1-3H3. The predicted octanol–water partition coefficient (Wildman–Crippen LogP) is 4.11. The molecule has 0 unspecified atom stereocenters. The van der Waals surface area contributed by atoms with Crippen molar-refractivity contribution < 1.29 is 4.79 Å². The van der Waals surface area contributed by atoms with E-state index in [9.17, 15) is 4.79 Å². The van der Waals surface area contributed by atoms with E-state index in [0.717, 1.165) is 28.6 Å². The van der Waals surface area contributed by atoms with E-state index in [4.69, 9.17) is 0 Å². The van der Waals surface area contributed by atoms with Gasteiger partial charge in [0, 0.05) is 22.2 Å². The molecule has 1 aliphatic rings. The van der Waals surface area contributed by atoms with Crippen LogP contribution in [0.5, 0.6) is 0 Å². The molecule has 0 aromatic heterocycles. The number of hydrogen-bond acceptors (Lipinski definition) is 1. The Balaban J connectivity index is 2.10. The van der Waals surface area contributed by atoms with Crippen molar-refractivity contribution in [2.75, 3.05) is 13.1 Å². The molecule has 0 saturated carbocycles. The Morgan fingerprint density at radius 1 is 1.32 bits per heavy atom. The van der Waals surface area contributed by atoms with Crippen molar-refractivity contribution in [3.8, 4) is 0 Å². The van der Waals surface area contributed by atoms with Crippen LogP contribution in [-0.2, 0) is 0 Å². The van der Waals surface area contributed by atoms with Gasteiger partial charge < -0.3 is 4.90 Å². The van der Waals surface area contributed by atoms with Gasteiger partial charge in [0.1, 0.15) is 0 Å². The number of rotatable bonds is 1. The van der Waals surface area contributed by atoms with Crippen LogP contribution in [0.4, 0.5) is 0 Å². The predicted molar refractivity (Wildman–Crippen MR) is 87.2 cm³/mol. The maximum Gasteiger partial charge on any atom is 0.254 e. The summed E-state index contributed by atoms with van der Waals surface area (Å²) in [5.74, 6) is 0.141. The van der Waals surface area contributed by atoms with Crippen LogP contribution in [0.1, 0.15) is 37.6 Å². The average Bonchev–Trinajstić information content (AvgIpc) is 2.37. The van der Waals surface area contributed by atoms with Crippen molar-refractivity contribution >= 4 is 28.5 Å². The number of halogens is 1. The van der Waals surface area contributed by atoms with E-state index in [-0.39, 0.29) is 11.3 Å². The molecule has 0 N–H and O–H groups in total. The molecule has 0 fully saturated rings. The Bertz CT molecular complexity index is 514. The molecule has 0 atom stereocenters. The minimum atomic E-state index is 0.141. The van der Waals surface area contributed by atoms with Crippen LogP contribution in [0, 0.1) is 8.99 Å². The quantitative estimate of drug-likeness (QED) is 0.539. The topological polar surface area (TPSA) is 20.3 Å². The van der Waals surface area contributed by atoms with Crippen LogP contribution in [0.2, 0.25) is 0 Å². The van der Waals surface area contributed by atoms with E-state index in [1.165, 1.54) is 5.57 Å². The summed E-state index contributed by atoms with van der Waals surface area (Å²) in [6, 6.07) is 7.79. The lowest BCUT2D eigenvalue weighted by molar-refractivity contribution is 0.0765. The van der Waals surface area contributed by atoms with Gasteiger partial charge in [0.2, 0.25) is 0 Å². The highest BCUT2D eigenvalue weighted by atomic mass is 127. The summed E-state index contributed by atoms with van der Waals surface area (Å²) in [6.45, 7) is 8.26. The Morgan fingerprint density at radius 2 is 2.05 bits per heavy atom. The lowest BCUT2D eigenvalue weighted by Crippen LogP contribution is -2.36. The van der Waals surface area contributed by atoms with Crippen LogP contribution in [0.15, 0.2) is 35.9 Å². The Hall–Kier alpha value is -0.840. The van der Waals surface area contributed by atoms with E-state index in [0.29, 0.717) is 0 Å². The second-order valence-corrected chi connectivity index (χ2v) is 7.24. The summed E-state index contributed by atoms with van der Waals surface area (Å²) in [7, 11) is 0. The third-order valence-electron chi connectivity index (χ3n) is 3.53. The Morgan fingerprint density at radius 3 is 2.58 bits per heavy atom. The summed E-state index contributed by atoms with van der Waals surface area (Å²) in [6.07, 6.45) is 3.20. The molecule has 3 heteroatoms. The smallest absolute Gasteiger partial charge is 0.254 e. The summed E-state index contributed by atoms with van der Waals surface area (Å²) < 4.78 is 1.10. The normalized spacial score (nSPS) is 16.2. The second-order valence-electron chi connectivity index (χ2n) is 5.99. The molecule has 1 aromatic carbocycles. The molecule has 1 heterocycles. The zero-order valence-electron chi connectivity index (χ0n) is 11.7. The number of benzene rings is 1. The fourth-order valence-electron chi connectivity index (χ4n) is 2.34. The summed E-state index contributed by atoms with van der Waals surface area (Å²) >= 11 is 2.24. The fraction of sp³-hybridized carbons (Fsp3) is 0.438. The van der Waals surface area contributed by atoms with Crippen LogP contribution >= 0.6 is 22.6 Å². The maximum absolute atomic E-state index is 12.4. The van der Waals surface area contributed by atoms with Gasteiger partial charge in [-0.05, 0) is 52.6 Å². The zero-order valence-corrected chi connectivity index (χ0v) is 13.9. The molecule has 2 rings (SSSR count). The molecule has 19 heavy (non-hydrogen) atoms. The number of nitrogens with zero attached hydrogens (tertiary/aromatic N) is 1. The molecule has 0 saturated heterocycles. The molecule has 0 radical (unpaired) electrons. The molecule has 0 bridgehead atoms. The first kappa shape index (κ1) is 14.6. The third-order valence-corrected chi connectivity index (χ3v) is 4.20. The first-order valence-corrected chi connectivity index (χ1v) is 7.70. The van der Waals surface area contributed by atoms with Gasteiger partial charge in [-0.3, -0.25) is 4.79 Å². The lowest BCUT2D eigenvalue weighted by atomic mass is 9.83. The zero-order chi connectivity index (χ0) is 14.0. The average molecular weight is 369 g/mol. The van der Waals surface area contributed by atoms with E-state index in [1.807, 2.05) is 29.2 Å². The van der Waals surface area contributed by atoms with Gasteiger partial charge in [0.25, 0.3) is 5.91 Å². The molecule has 1 aliphatic heterocycles. The van der Waals surface area contributed by atoms with Crippen molar-refractivity contribution in [2.45, 2.75) is 27.2 Å². The molecule has 102 valence electrons. The van der Waals surface area contributed by atoms with E-state index < -0.39 is 0 Å². The Labute approximate surface area is 129 Å². The van der Waals surface area contributed by atoms with E-state index >= 15 is 0 Å². The highest BCUT2D eigenvalue weighted by Gasteiger charge is 2.24. The van der Waals surface area contributed by atoms with Gasteiger partial charge in [-0.2, -0.15) is 0 Å². The molecule has 0 aliphatic carbocycles. The first-order valence-electron chi connectivity index (χ1n) is 6.62. The van der Waals surface area contributed by atoms with E-state index in [2.05, 4.69) is 49.4 Å². The monoisotopic (exact) mass is 369 g/mol. The molecular formula is C16H20INO.